The van der Waals surface area contributed by atoms with Gasteiger partial charge in [0, 0.05) is 0 Å². The van der Waals surface area contributed by atoms with E-state index < -0.39 is 24.1 Å². The molecule has 2 N–H and O–H groups in total. The van der Waals surface area contributed by atoms with Crippen LogP contribution in [0.5, 0.6) is 0 Å². The molecule has 24 heavy (non-hydrogen) atoms. The first-order valence-electron chi connectivity index (χ1n) is 6.74. The fourth-order valence-corrected chi connectivity index (χ4v) is 0.764. The molecule has 0 heterocycles. The molecule has 0 saturated heterocycles. The van der Waals surface area contributed by atoms with Crippen LogP contribution in [0.3, 0.4) is 0 Å². The molecule has 10 heteroatoms. The van der Waals surface area contributed by atoms with Gasteiger partial charge >= 0.3 is 69.3 Å². The fourth-order valence-electron chi connectivity index (χ4n) is 0.256. The molecule has 0 amide bonds. The van der Waals surface area contributed by atoms with Crippen LogP contribution in [-0.4, -0.2) is 39.8 Å². The summed E-state index contributed by atoms with van der Waals surface area (Å²) in [6.07, 6.45) is -13.5. The molecule has 3 nitrogen and oxygen atoms in total. The minimum absolute atomic E-state index is 0. The summed E-state index contributed by atoms with van der Waals surface area (Å²) in [7, 11) is 0. The van der Waals surface area contributed by atoms with Gasteiger partial charge in [-0.05, 0) is 20.3 Å². The van der Waals surface area contributed by atoms with Crippen molar-refractivity contribution in [1.29, 1.82) is 0 Å². The van der Waals surface area contributed by atoms with Gasteiger partial charge in [0.2, 0.25) is 6.10 Å². The number of nitrogens with zero attached hydrogens (tertiary/aromatic N) is 1. The molecule has 0 rings (SSSR count). The van der Waals surface area contributed by atoms with Crippen LogP contribution < -0.4 is 0 Å². The molecule has 0 spiro atoms. The zero-order valence-corrected chi connectivity index (χ0v) is 18.3. The normalized spacial score (nSPS) is 12.2. The Morgan fingerprint density at radius 2 is 1.12 bits per heavy atom. The summed E-state index contributed by atoms with van der Waals surface area (Å²) in [5, 5.41) is 16.3. The third kappa shape index (κ3) is 22.0. The van der Waals surface area contributed by atoms with Crippen LogP contribution in [0.25, 0.3) is 0 Å². The molecule has 0 bridgehead atoms. The Bertz CT molecular complexity index is 311. The molecule has 0 aliphatic rings. The van der Waals surface area contributed by atoms with Gasteiger partial charge in [-0.2, -0.15) is 26.3 Å². The largest absolute Gasteiger partial charge is 0.423 e. The van der Waals surface area contributed by atoms with Gasteiger partial charge in [0.25, 0.3) is 0 Å². The smallest absolute Gasteiger partial charge is 0.377 e. The maximum absolute atomic E-state index is 11.0. The van der Waals surface area contributed by atoms with Gasteiger partial charge in [-0.25, -0.2) is 0 Å². The first-order valence-corrected chi connectivity index (χ1v) is 8.18. The van der Waals surface area contributed by atoms with E-state index in [1.807, 2.05) is 6.92 Å². The van der Waals surface area contributed by atoms with Crippen LogP contribution in [0.4, 0.5) is 26.3 Å². The monoisotopic (exact) mass is 537 g/mol. The molecule has 0 unspecified atom stereocenters. The molecule has 0 fully saturated rings. The SMILES string of the molecule is CCC(C)(C)O.CCC(C)(C)[N]=[Ta].OC(C(F)(F)F)C(F)(F)F.[CH3-]. The number of hydrogen-bond acceptors (Lipinski definition) is 3. The zero-order valence-electron chi connectivity index (χ0n) is 15.0. The van der Waals surface area contributed by atoms with Crippen molar-refractivity contribution in [2.75, 3.05) is 0 Å². The molecule has 0 aliphatic carbocycles. The third-order valence-corrected chi connectivity index (χ3v) is 4.57. The van der Waals surface area contributed by atoms with E-state index in [2.05, 4.69) is 24.1 Å². The summed E-state index contributed by atoms with van der Waals surface area (Å²) in [6, 6.07) is 0. The number of hydrogen-bond donors (Lipinski definition) is 2. The minimum Gasteiger partial charge on any atom is -0.377 e. The van der Waals surface area contributed by atoms with Crippen molar-refractivity contribution in [3.8, 4) is 0 Å². The Labute approximate surface area is 152 Å². The van der Waals surface area contributed by atoms with Crippen molar-refractivity contribution in [2.24, 2.45) is 3.34 Å². The Hall–Kier alpha value is 0.0403. The van der Waals surface area contributed by atoms with Gasteiger partial charge < -0.3 is 17.6 Å². The van der Waals surface area contributed by atoms with Crippen LogP contribution in [-0.2, 0) is 20.9 Å². The Morgan fingerprint density at radius 3 is 1.12 bits per heavy atom. The van der Waals surface area contributed by atoms with Crippen molar-refractivity contribution in [2.45, 2.75) is 84.0 Å². The Balaban J connectivity index is -0.000000127. The Kier molecular flexibility index (Phi) is 16.4. The van der Waals surface area contributed by atoms with Crippen molar-refractivity contribution < 1.29 is 57.4 Å². The van der Waals surface area contributed by atoms with E-state index >= 15 is 0 Å². The first kappa shape index (κ1) is 31.8. The predicted octanol–water partition coefficient (Wildman–Crippen LogP) is 4.99. The van der Waals surface area contributed by atoms with Crippen molar-refractivity contribution in [3.05, 3.63) is 7.43 Å². The molecule has 0 aromatic heterocycles. The van der Waals surface area contributed by atoms with Gasteiger partial charge in [0.15, 0.2) is 0 Å². The second-order valence-electron chi connectivity index (χ2n) is 5.92. The zero-order chi connectivity index (χ0) is 19.7. The van der Waals surface area contributed by atoms with Crippen LogP contribution in [0.15, 0.2) is 3.34 Å². The summed E-state index contributed by atoms with van der Waals surface area (Å²) in [5.74, 6) is 0. The molecular weight excluding hydrogens is 509 g/mol. The number of alkyl halides is 6. The van der Waals surface area contributed by atoms with Gasteiger partial charge in [-0.3, -0.25) is 0 Å². The summed E-state index contributed by atoms with van der Waals surface area (Å²) >= 11 is 1.16. The topological polar surface area (TPSA) is 52.8 Å². The Morgan fingerprint density at radius 1 is 0.875 bits per heavy atom. The van der Waals surface area contributed by atoms with Crippen LogP contribution in [0.1, 0.15) is 54.4 Å². The van der Waals surface area contributed by atoms with E-state index in [9.17, 15) is 26.3 Å². The molecule has 0 aliphatic heterocycles. The molecule has 0 atom stereocenters. The summed E-state index contributed by atoms with van der Waals surface area (Å²) < 4.78 is 70.1. The number of aliphatic hydroxyl groups excluding tert-OH is 1. The predicted molar refractivity (Wildman–Crippen MR) is 77.9 cm³/mol. The molecular formula is C14H28F6NO2Ta-. The van der Waals surface area contributed by atoms with Gasteiger partial charge in [0.05, 0.1) is 5.60 Å². The third-order valence-electron chi connectivity index (χ3n) is 2.62. The summed E-state index contributed by atoms with van der Waals surface area (Å²) in [4.78, 5) is 0. The molecule has 0 radical (unpaired) electrons. The molecule has 149 valence electrons. The van der Waals surface area contributed by atoms with Gasteiger partial charge in [0.1, 0.15) is 0 Å². The second-order valence-corrected chi connectivity index (χ2v) is 6.64. The van der Waals surface area contributed by atoms with E-state index in [1.165, 1.54) is 0 Å². The van der Waals surface area contributed by atoms with E-state index in [1.54, 1.807) is 13.8 Å². The maximum atomic E-state index is 11.0. The summed E-state index contributed by atoms with van der Waals surface area (Å²) in [6.45, 7) is 12.0. The fraction of sp³-hybridized carbons (Fsp3) is 0.929. The van der Waals surface area contributed by atoms with Crippen molar-refractivity contribution in [3.63, 3.8) is 0 Å². The van der Waals surface area contributed by atoms with Crippen LogP contribution in [0, 0.1) is 7.43 Å². The van der Waals surface area contributed by atoms with Gasteiger partial charge in [-0.15, -0.1) is 0 Å². The first-order chi connectivity index (χ1) is 9.84. The number of rotatable bonds is 3. The summed E-state index contributed by atoms with van der Waals surface area (Å²) in [5.41, 5.74) is -0.201. The molecule has 0 aromatic carbocycles. The van der Waals surface area contributed by atoms with E-state index in [0.717, 1.165) is 33.7 Å². The van der Waals surface area contributed by atoms with E-state index in [0.29, 0.717) is 0 Å². The van der Waals surface area contributed by atoms with E-state index in [4.69, 9.17) is 10.2 Å². The van der Waals surface area contributed by atoms with Crippen molar-refractivity contribution >= 4 is 0 Å². The van der Waals surface area contributed by atoms with Crippen LogP contribution >= 0.6 is 0 Å². The van der Waals surface area contributed by atoms with Crippen molar-refractivity contribution in [1.82, 2.24) is 0 Å². The standard InChI is InChI=1S/C5H11N.C5H12O.C3H2F6O.CH3.Ta/c2*1-4-5(2,3)6;4-2(5,6)1(10)3(7,8)9;;/h4H2,1-3H3;6H,4H2,1-3H3;1,10H;1H3;/q;;;-1;. The second kappa shape index (κ2) is 12.4. The molecule has 0 aromatic rings. The van der Waals surface area contributed by atoms with E-state index in [-0.39, 0.29) is 13.0 Å². The average molecular weight is 537 g/mol. The maximum Gasteiger partial charge on any atom is 0.423 e. The van der Waals surface area contributed by atoms with Crippen LogP contribution in [0.2, 0.25) is 0 Å². The average Bonchev–Trinajstić information content (AvgIpc) is 2.36. The van der Waals surface area contributed by atoms with Gasteiger partial charge in [-0.1, -0.05) is 6.92 Å². The molecule has 0 saturated carbocycles. The quantitative estimate of drug-likeness (QED) is 0.394. The minimum atomic E-state index is -5.63. The number of aliphatic hydroxyl groups is 2. The number of halogens is 6.